The zero-order chi connectivity index (χ0) is 22.5. The number of piperazine rings is 1. The standard InChI is InChI=1S/C24H25N3O3S2/c1-30-23(29)21-16-20(14-17-6-3-2-4-7-17)32-22(21)25-24(31)27-12-10-26(11-13-27)18-8-5-9-19(28)15-18/h2-9,15-16,28H,10-14H2,1H3,(H,25,31). The van der Waals surface area contributed by atoms with Crippen LogP contribution < -0.4 is 10.2 Å². The highest BCUT2D eigenvalue weighted by Crippen LogP contribution is 2.31. The molecule has 0 bridgehead atoms. The molecule has 0 saturated carbocycles. The van der Waals surface area contributed by atoms with Gasteiger partial charge in [0.05, 0.1) is 12.7 Å². The number of phenols is 1. The number of esters is 1. The Morgan fingerprint density at radius 2 is 1.84 bits per heavy atom. The Morgan fingerprint density at radius 3 is 2.53 bits per heavy atom. The summed E-state index contributed by atoms with van der Waals surface area (Å²) in [6.45, 7) is 3.08. The highest BCUT2D eigenvalue weighted by molar-refractivity contribution is 7.80. The number of hydrogen-bond acceptors (Lipinski definition) is 6. The van der Waals surface area contributed by atoms with E-state index in [-0.39, 0.29) is 11.7 Å². The summed E-state index contributed by atoms with van der Waals surface area (Å²) in [5.41, 5.74) is 2.69. The molecular weight excluding hydrogens is 442 g/mol. The molecule has 1 fully saturated rings. The number of benzene rings is 2. The van der Waals surface area contributed by atoms with Crippen molar-refractivity contribution in [2.45, 2.75) is 6.42 Å². The summed E-state index contributed by atoms with van der Waals surface area (Å²) in [4.78, 5) is 17.7. The summed E-state index contributed by atoms with van der Waals surface area (Å²) < 4.78 is 4.98. The Kier molecular flexibility index (Phi) is 6.92. The van der Waals surface area contributed by atoms with Gasteiger partial charge in [0.25, 0.3) is 0 Å². The fourth-order valence-corrected chi connectivity index (χ4v) is 5.14. The van der Waals surface area contributed by atoms with E-state index in [1.165, 1.54) is 24.0 Å². The summed E-state index contributed by atoms with van der Waals surface area (Å²) in [6, 6.07) is 19.3. The fraction of sp³-hybridized carbons (Fsp3) is 0.250. The third-order valence-electron chi connectivity index (χ3n) is 5.39. The molecule has 0 atom stereocenters. The summed E-state index contributed by atoms with van der Waals surface area (Å²) in [5.74, 6) is -0.110. The first-order valence-electron chi connectivity index (χ1n) is 10.4. The highest BCUT2D eigenvalue weighted by Gasteiger charge is 2.23. The lowest BCUT2D eigenvalue weighted by atomic mass is 10.1. The molecule has 2 N–H and O–H groups in total. The summed E-state index contributed by atoms with van der Waals surface area (Å²) in [5, 5.41) is 14.3. The van der Waals surface area contributed by atoms with Crippen molar-refractivity contribution in [1.82, 2.24) is 4.90 Å². The average molecular weight is 468 g/mol. The minimum atomic E-state index is -0.375. The van der Waals surface area contributed by atoms with E-state index in [0.717, 1.165) is 43.2 Å². The minimum absolute atomic E-state index is 0.265. The number of nitrogens with zero attached hydrogens (tertiary/aromatic N) is 2. The van der Waals surface area contributed by atoms with E-state index in [2.05, 4.69) is 27.2 Å². The van der Waals surface area contributed by atoms with Gasteiger partial charge in [-0.3, -0.25) is 0 Å². The maximum Gasteiger partial charge on any atom is 0.340 e. The van der Waals surface area contributed by atoms with Gasteiger partial charge in [0, 0.05) is 49.2 Å². The second kappa shape index (κ2) is 10.0. The third kappa shape index (κ3) is 5.20. The molecule has 1 aliphatic heterocycles. The number of thiocarbonyl (C=S) groups is 1. The number of methoxy groups -OCH3 is 1. The number of phenolic OH excluding ortho intramolecular Hbond substituents is 1. The summed E-state index contributed by atoms with van der Waals surface area (Å²) >= 11 is 7.19. The van der Waals surface area contributed by atoms with Crippen LogP contribution in [-0.2, 0) is 11.2 Å². The van der Waals surface area contributed by atoms with Crippen molar-refractivity contribution in [3.05, 3.63) is 76.7 Å². The van der Waals surface area contributed by atoms with Gasteiger partial charge in [-0.15, -0.1) is 11.3 Å². The van der Waals surface area contributed by atoms with E-state index in [0.29, 0.717) is 15.7 Å². The summed E-state index contributed by atoms with van der Waals surface area (Å²) in [7, 11) is 1.39. The first kappa shape index (κ1) is 22.1. The molecule has 1 saturated heterocycles. The SMILES string of the molecule is COC(=O)c1cc(Cc2ccccc2)sc1NC(=S)N1CCN(c2cccc(O)c2)CC1. The first-order valence-corrected chi connectivity index (χ1v) is 11.6. The Hall–Kier alpha value is -3.10. The van der Waals surface area contributed by atoms with Crippen molar-refractivity contribution in [1.29, 1.82) is 0 Å². The monoisotopic (exact) mass is 467 g/mol. The zero-order valence-corrected chi connectivity index (χ0v) is 19.4. The van der Waals surface area contributed by atoms with Crippen molar-refractivity contribution in [3.63, 3.8) is 0 Å². The van der Waals surface area contributed by atoms with E-state index in [1.54, 1.807) is 12.1 Å². The molecule has 0 unspecified atom stereocenters. The van der Waals surface area contributed by atoms with Gasteiger partial charge in [-0.05, 0) is 36.0 Å². The van der Waals surface area contributed by atoms with Gasteiger partial charge >= 0.3 is 5.97 Å². The molecule has 0 amide bonds. The third-order valence-corrected chi connectivity index (χ3v) is 6.80. The lowest BCUT2D eigenvalue weighted by Gasteiger charge is -2.37. The Morgan fingerprint density at radius 1 is 1.09 bits per heavy atom. The van der Waals surface area contributed by atoms with Gasteiger partial charge < -0.3 is 25.0 Å². The Balaban J connectivity index is 1.42. The number of carbonyl (C=O) groups excluding carboxylic acids is 1. The van der Waals surface area contributed by atoms with Crippen molar-refractivity contribution in [3.8, 4) is 5.75 Å². The summed E-state index contributed by atoms with van der Waals surface area (Å²) in [6.07, 6.45) is 0.743. The van der Waals surface area contributed by atoms with Crippen molar-refractivity contribution >= 4 is 45.3 Å². The van der Waals surface area contributed by atoms with Crippen LogP contribution in [-0.4, -0.2) is 54.4 Å². The number of aromatic hydroxyl groups is 1. The minimum Gasteiger partial charge on any atom is -0.508 e. The lowest BCUT2D eigenvalue weighted by molar-refractivity contribution is 0.0602. The van der Waals surface area contributed by atoms with Crippen LogP contribution in [0.5, 0.6) is 5.75 Å². The van der Waals surface area contributed by atoms with Crippen LogP contribution in [0.15, 0.2) is 60.7 Å². The van der Waals surface area contributed by atoms with Crippen molar-refractivity contribution < 1.29 is 14.6 Å². The van der Waals surface area contributed by atoms with E-state index < -0.39 is 0 Å². The molecule has 32 heavy (non-hydrogen) atoms. The number of carbonyl (C=O) groups is 1. The quantitative estimate of drug-likeness (QED) is 0.427. The molecule has 0 radical (unpaired) electrons. The largest absolute Gasteiger partial charge is 0.508 e. The molecule has 166 valence electrons. The van der Waals surface area contributed by atoms with Gasteiger partial charge in [0.15, 0.2) is 5.11 Å². The molecule has 4 rings (SSSR count). The zero-order valence-electron chi connectivity index (χ0n) is 17.8. The van der Waals surface area contributed by atoms with Gasteiger partial charge in [0.1, 0.15) is 10.8 Å². The maximum absolute atomic E-state index is 12.3. The number of rotatable bonds is 5. The highest BCUT2D eigenvalue weighted by atomic mass is 32.1. The number of thiophene rings is 1. The van der Waals surface area contributed by atoms with E-state index >= 15 is 0 Å². The molecule has 3 aromatic rings. The lowest BCUT2D eigenvalue weighted by Crippen LogP contribution is -2.50. The van der Waals surface area contributed by atoms with E-state index in [4.69, 9.17) is 17.0 Å². The predicted molar refractivity (Wildman–Crippen MR) is 133 cm³/mol. The number of anilines is 2. The van der Waals surface area contributed by atoms with Gasteiger partial charge in [-0.25, -0.2) is 4.79 Å². The van der Waals surface area contributed by atoms with Gasteiger partial charge in [-0.2, -0.15) is 0 Å². The normalized spacial score (nSPS) is 13.7. The van der Waals surface area contributed by atoms with Gasteiger partial charge in [-0.1, -0.05) is 36.4 Å². The van der Waals surface area contributed by atoms with Crippen molar-refractivity contribution in [2.75, 3.05) is 43.5 Å². The molecular formula is C24H25N3O3S2. The second-order valence-corrected chi connectivity index (χ2v) is 9.06. The maximum atomic E-state index is 12.3. The van der Waals surface area contributed by atoms with E-state index in [1.807, 2.05) is 36.4 Å². The Labute approximate surface area is 197 Å². The molecule has 2 heterocycles. The van der Waals surface area contributed by atoms with Crippen LogP contribution in [0.4, 0.5) is 10.7 Å². The van der Waals surface area contributed by atoms with Crippen molar-refractivity contribution in [2.24, 2.45) is 0 Å². The van der Waals surface area contributed by atoms with Crippen LogP contribution >= 0.6 is 23.6 Å². The fourth-order valence-electron chi connectivity index (χ4n) is 3.71. The predicted octanol–water partition coefficient (Wildman–Crippen LogP) is 4.35. The smallest absolute Gasteiger partial charge is 0.340 e. The molecule has 0 spiro atoms. The molecule has 1 aliphatic rings. The average Bonchev–Trinajstić information content (AvgIpc) is 3.21. The number of nitrogens with one attached hydrogen (secondary N) is 1. The first-order chi connectivity index (χ1) is 15.5. The molecule has 6 nitrogen and oxygen atoms in total. The van der Waals surface area contributed by atoms with E-state index in [9.17, 15) is 9.90 Å². The number of hydrogen-bond donors (Lipinski definition) is 2. The topological polar surface area (TPSA) is 65.0 Å². The number of ether oxygens (including phenoxy) is 1. The Bertz CT molecular complexity index is 1090. The second-order valence-electron chi connectivity index (χ2n) is 7.53. The van der Waals surface area contributed by atoms with Crippen LogP contribution in [0, 0.1) is 0 Å². The van der Waals surface area contributed by atoms with Crippen LogP contribution in [0.2, 0.25) is 0 Å². The molecule has 2 aromatic carbocycles. The molecule has 0 aliphatic carbocycles. The van der Waals surface area contributed by atoms with Crippen LogP contribution in [0.3, 0.4) is 0 Å². The van der Waals surface area contributed by atoms with Gasteiger partial charge in [0.2, 0.25) is 0 Å². The molecule has 1 aromatic heterocycles. The molecule has 8 heteroatoms. The van der Waals surface area contributed by atoms with Crippen LogP contribution in [0.25, 0.3) is 0 Å². The van der Waals surface area contributed by atoms with Crippen LogP contribution in [0.1, 0.15) is 20.8 Å².